The Hall–Kier alpha value is -3.02. The van der Waals surface area contributed by atoms with Crippen molar-refractivity contribution in [3.8, 4) is 5.75 Å². The first-order valence-electron chi connectivity index (χ1n) is 8.66. The van der Waals surface area contributed by atoms with Crippen LogP contribution in [-0.2, 0) is 0 Å². The van der Waals surface area contributed by atoms with Gasteiger partial charge in [-0.3, -0.25) is 9.79 Å². The van der Waals surface area contributed by atoms with E-state index < -0.39 is 0 Å². The summed E-state index contributed by atoms with van der Waals surface area (Å²) >= 11 is 0. The van der Waals surface area contributed by atoms with Crippen molar-refractivity contribution in [3.63, 3.8) is 0 Å². The second kappa shape index (κ2) is 10.8. The number of guanidine groups is 1. The van der Waals surface area contributed by atoms with Gasteiger partial charge < -0.3 is 20.7 Å². The fourth-order valence-electron chi connectivity index (χ4n) is 2.32. The lowest BCUT2D eigenvalue weighted by Gasteiger charge is -2.13. The van der Waals surface area contributed by atoms with E-state index in [0.717, 1.165) is 11.3 Å². The second-order valence-electron chi connectivity index (χ2n) is 5.71. The largest absolute Gasteiger partial charge is 0.492 e. The Morgan fingerprint density at radius 1 is 0.962 bits per heavy atom. The highest BCUT2D eigenvalue weighted by Gasteiger charge is 2.04. The van der Waals surface area contributed by atoms with E-state index in [0.29, 0.717) is 37.8 Å². The van der Waals surface area contributed by atoms with Crippen LogP contribution >= 0.6 is 0 Å². The molecule has 3 N–H and O–H groups in total. The van der Waals surface area contributed by atoms with Crippen molar-refractivity contribution >= 4 is 11.9 Å². The predicted octanol–water partition coefficient (Wildman–Crippen LogP) is 1.97. The van der Waals surface area contributed by atoms with E-state index in [9.17, 15) is 4.79 Å². The fourth-order valence-corrected chi connectivity index (χ4v) is 2.32. The van der Waals surface area contributed by atoms with Crippen molar-refractivity contribution in [3.05, 3.63) is 65.7 Å². The molecule has 0 bridgehead atoms. The molecule has 0 aliphatic carbocycles. The van der Waals surface area contributed by atoms with Crippen LogP contribution in [0.2, 0.25) is 0 Å². The van der Waals surface area contributed by atoms with Crippen molar-refractivity contribution in [1.82, 2.24) is 16.0 Å². The Balaban J connectivity index is 1.60. The summed E-state index contributed by atoms with van der Waals surface area (Å²) in [6.45, 7) is 4.22. The average molecular weight is 354 g/mol. The van der Waals surface area contributed by atoms with Crippen LogP contribution in [0.1, 0.15) is 15.9 Å². The van der Waals surface area contributed by atoms with E-state index in [1.54, 1.807) is 7.05 Å². The number of aryl methyl sites for hydroxylation is 1. The second-order valence-corrected chi connectivity index (χ2v) is 5.71. The van der Waals surface area contributed by atoms with Crippen molar-refractivity contribution in [1.29, 1.82) is 0 Å². The van der Waals surface area contributed by atoms with Crippen molar-refractivity contribution in [2.75, 3.05) is 33.3 Å². The molecule has 0 atom stereocenters. The van der Waals surface area contributed by atoms with E-state index >= 15 is 0 Å². The number of carbonyl (C=O) groups is 1. The molecule has 0 aliphatic rings. The fraction of sp³-hybridized carbons (Fsp3) is 0.300. The topological polar surface area (TPSA) is 74.8 Å². The number of amides is 1. The van der Waals surface area contributed by atoms with E-state index in [1.165, 1.54) is 0 Å². The molecule has 0 spiro atoms. The van der Waals surface area contributed by atoms with Crippen LogP contribution in [0.3, 0.4) is 0 Å². The monoisotopic (exact) mass is 354 g/mol. The number of carbonyl (C=O) groups excluding carboxylic acids is 1. The van der Waals surface area contributed by atoms with Gasteiger partial charge >= 0.3 is 0 Å². The third-order valence-corrected chi connectivity index (χ3v) is 3.61. The summed E-state index contributed by atoms with van der Waals surface area (Å²) in [5.74, 6) is 1.44. The first-order chi connectivity index (χ1) is 12.7. The molecule has 0 radical (unpaired) electrons. The highest BCUT2D eigenvalue weighted by Crippen LogP contribution is 2.07. The Morgan fingerprint density at radius 2 is 1.69 bits per heavy atom. The van der Waals surface area contributed by atoms with Gasteiger partial charge in [0, 0.05) is 25.7 Å². The molecular formula is C20H26N4O2. The number of hydrogen-bond donors (Lipinski definition) is 3. The quantitative estimate of drug-likeness (QED) is 0.385. The maximum Gasteiger partial charge on any atom is 0.251 e. The molecule has 0 heterocycles. The van der Waals surface area contributed by atoms with Crippen LogP contribution in [0.15, 0.2) is 59.6 Å². The zero-order chi connectivity index (χ0) is 18.6. The highest BCUT2D eigenvalue weighted by atomic mass is 16.5. The van der Waals surface area contributed by atoms with Gasteiger partial charge in [0.1, 0.15) is 12.4 Å². The number of hydrogen-bond acceptors (Lipinski definition) is 3. The number of aliphatic imine (C=N–C) groups is 1. The van der Waals surface area contributed by atoms with Gasteiger partial charge in [-0.05, 0) is 31.2 Å². The molecule has 6 heteroatoms. The summed E-state index contributed by atoms with van der Waals surface area (Å²) in [5.41, 5.74) is 1.74. The molecule has 1 amide bonds. The molecule has 6 nitrogen and oxygen atoms in total. The molecule has 0 saturated heterocycles. The number of rotatable bonds is 8. The van der Waals surface area contributed by atoms with Crippen LogP contribution in [0.5, 0.6) is 5.75 Å². The van der Waals surface area contributed by atoms with Gasteiger partial charge in [0.25, 0.3) is 5.91 Å². The molecule has 0 unspecified atom stereocenters. The molecule has 26 heavy (non-hydrogen) atoms. The van der Waals surface area contributed by atoms with Crippen molar-refractivity contribution < 1.29 is 9.53 Å². The van der Waals surface area contributed by atoms with E-state index in [-0.39, 0.29) is 5.91 Å². The van der Waals surface area contributed by atoms with Crippen LogP contribution < -0.4 is 20.7 Å². The van der Waals surface area contributed by atoms with Gasteiger partial charge in [-0.25, -0.2) is 0 Å². The lowest BCUT2D eigenvalue weighted by Crippen LogP contribution is -2.42. The number of benzene rings is 2. The summed E-state index contributed by atoms with van der Waals surface area (Å²) in [6.07, 6.45) is 0. The molecule has 2 rings (SSSR count). The Kier molecular flexibility index (Phi) is 7.99. The van der Waals surface area contributed by atoms with Crippen LogP contribution in [-0.4, -0.2) is 45.2 Å². The molecule has 0 aliphatic heterocycles. The molecule has 138 valence electrons. The standard InChI is InChI=1S/C20H26N4O2/c1-16-7-6-8-17(15-16)19(25)22-11-12-23-20(21-2)24-13-14-26-18-9-4-3-5-10-18/h3-10,15H,11-14H2,1-2H3,(H,22,25)(H2,21,23,24). The summed E-state index contributed by atoms with van der Waals surface area (Å²) in [6, 6.07) is 17.2. The highest BCUT2D eigenvalue weighted by molar-refractivity contribution is 5.94. The van der Waals surface area contributed by atoms with Gasteiger partial charge in [0.05, 0.1) is 6.54 Å². The van der Waals surface area contributed by atoms with Gasteiger partial charge in [0.2, 0.25) is 0 Å². The summed E-state index contributed by atoms with van der Waals surface area (Å²) < 4.78 is 5.61. The van der Waals surface area contributed by atoms with E-state index in [4.69, 9.17) is 4.74 Å². The minimum Gasteiger partial charge on any atom is -0.492 e. The van der Waals surface area contributed by atoms with E-state index in [1.807, 2.05) is 61.5 Å². The predicted molar refractivity (Wildman–Crippen MR) is 105 cm³/mol. The number of nitrogens with zero attached hydrogens (tertiary/aromatic N) is 1. The minimum absolute atomic E-state index is 0.0743. The zero-order valence-electron chi connectivity index (χ0n) is 15.3. The third-order valence-electron chi connectivity index (χ3n) is 3.61. The first-order valence-corrected chi connectivity index (χ1v) is 8.66. The first kappa shape index (κ1) is 19.3. The minimum atomic E-state index is -0.0743. The number of para-hydroxylation sites is 1. The number of nitrogens with one attached hydrogen (secondary N) is 3. The van der Waals surface area contributed by atoms with Crippen LogP contribution in [0, 0.1) is 6.92 Å². The normalized spacial score (nSPS) is 10.9. The molecule has 2 aromatic rings. The molecule has 2 aromatic carbocycles. The third kappa shape index (κ3) is 6.84. The van der Waals surface area contributed by atoms with Crippen molar-refractivity contribution in [2.45, 2.75) is 6.92 Å². The Morgan fingerprint density at radius 3 is 2.42 bits per heavy atom. The van der Waals surface area contributed by atoms with Crippen LogP contribution in [0.25, 0.3) is 0 Å². The van der Waals surface area contributed by atoms with Gasteiger partial charge in [-0.1, -0.05) is 35.9 Å². The zero-order valence-corrected chi connectivity index (χ0v) is 15.3. The van der Waals surface area contributed by atoms with Gasteiger partial charge in [0.15, 0.2) is 5.96 Å². The maximum absolute atomic E-state index is 12.1. The smallest absolute Gasteiger partial charge is 0.251 e. The summed E-state index contributed by atoms with van der Waals surface area (Å²) in [7, 11) is 1.71. The average Bonchev–Trinajstić information content (AvgIpc) is 2.67. The van der Waals surface area contributed by atoms with Crippen molar-refractivity contribution in [2.24, 2.45) is 4.99 Å². The van der Waals surface area contributed by atoms with E-state index in [2.05, 4.69) is 20.9 Å². The molecule has 0 fully saturated rings. The maximum atomic E-state index is 12.1. The summed E-state index contributed by atoms with van der Waals surface area (Å²) in [4.78, 5) is 16.2. The molecule has 0 saturated carbocycles. The molecular weight excluding hydrogens is 328 g/mol. The lowest BCUT2D eigenvalue weighted by atomic mass is 10.1. The van der Waals surface area contributed by atoms with Gasteiger partial charge in [-0.2, -0.15) is 0 Å². The number of ether oxygens (including phenoxy) is 1. The summed E-state index contributed by atoms with van der Waals surface area (Å²) in [5, 5.41) is 9.21. The Bertz CT molecular complexity index is 717. The Labute approximate surface area is 154 Å². The molecule has 0 aromatic heterocycles. The SMILES string of the molecule is CN=C(NCCNC(=O)c1cccc(C)c1)NCCOc1ccccc1. The van der Waals surface area contributed by atoms with Gasteiger partial charge in [-0.15, -0.1) is 0 Å². The lowest BCUT2D eigenvalue weighted by molar-refractivity contribution is 0.0954. The van der Waals surface area contributed by atoms with Crippen LogP contribution in [0.4, 0.5) is 0 Å².